The highest BCUT2D eigenvalue weighted by molar-refractivity contribution is 6.10. The van der Waals surface area contributed by atoms with Crippen molar-refractivity contribution in [2.45, 2.75) is 6.42 Å². The van der Waals surface area contributed by atoms with Gasteiger partial charge < -0.3 is 13.9 Å². The Labute approximate surface area is 114 Å². The molecule has 0 bridgehead atoms. The van der Waals surface area contributed by atoms with Gasteiger partial charge in [0.1, 0.15) is 11.5 Å². The highest BCUT2D eigenvalue weighted by atomic mass is 16.4. The molecule has 0 fully saturated rings. The lowest BCUT2D eigenvalue weighted by atomic mass is 10.1. The van der Waals surface area contributed by atoms with E-state index in [1.165, 1.54) is 30.8 Å². The number of hydrogen-bond donors (Lipinski definition) is 1. The zero-order valence-corrected chi connectivity index (χ0v) is 10.5. The molecule has 0 radical (unpaired) electrons. The standard InChI is InChI=1S/C15H12O5/c16-14(6-5-12-3-1-7-19-12)11(10-15(17)18)9-13-4-2-8-20-13/h1-9H,10H2,(H,17,18)/b6-5+,11-9-. The van der Waals surface area contributed by atoms with Gasteiger partial charge in [-0.25, -0.2) is 0 Å². The molecule has 0 atom stereocenters. The van der Waals surface area contributed by atoms with Crippen molar-refractivity contribution in [2.75, 3.05) is 0 Å². The quantitative estimate of drug-likeness (QED) is 0.817. The van der Waals surface area contributed by atoms with Gasteiger partial charge in [-0.2, -0.15) is 0 Å². The second-order valence-electron chi connectivity index (χ2n) is 3.97. The first-order valence-electron chi connectivity index (χ1n) is 5.87. The maximum Gasteiger partial charge on any atom is 0.307 e. The van der Waals surface area contributed by atoms with Crippen molar-refractivity contribution in [2.24, 2.45) is 0 Å². The molecule has 5 nitrogen and oxygen atoms in total. The zero-order chi connectivity index (χ0) is 14.4. The van der Waals surface area contributed by atoms with Crippen LogP contribution >= 0.6 is 0 Å². The summed E-state index contributed by atoms with van der Waals surface area (Å²) in [7, 11) is 0. The number of allylic oxidation sites excluding steroid dienone is 1. The van der Waals surface area contributed by atoms with Crippen LogP contribution in [0, 0.1) is 0 Å². The Bertz CT molecular complexity index is 630. The summed E-state index contributed by atoms with van der Waals surface area (Å²) in [4.78, 5) is 22.8. The third-order valence-electron chi connectivity index (χ3n) is 2.46. The summed E-state index contributed by atoms with van der Waals surface area (Å²) >= 11 is 0. The maximum absolute atomic E-state index is 12.0. The predicted molar refractivity (Wildman–Crippen MR) is 71.7 cm³/mol. The van der Waals surface area contributed by atoms with Crippen LogP contribution in [0.15, 0.2) is 57.3 Å². The molecule has 0 aromatic carbocycles. The molecule has 2 aromatic heterocycles. The molecule has 0 aliphatic heterocycles. The van der Waals surface area contributed by atoms with E-state index in [4.69, 9.17) is 13.9 Å². The topological polar surface area (TPSA) is 80.6 Å². The predicted octanol–water partition coefficient (Wildman–Crippen LogP) is 3.01. The number of carboxylic acid groups (broad SMARTS) is 1. The average Bonchev–Trinajstić information content (AvgIpc) is 3.07. The minimum Gasteiger partial charge on any atom is -0.481 e. The fourth-order valence-electron chi connectivity index (χ4n) is 1.57. The summed E-state index contributed by atoms with van der Waals surface area (Å²) in [6.07, 6.45) is 6.75. The lowest BCUT2D eigenvalue weighted by molar-refractivity contribution is -0.136. The molecule has 102 valence electrons. The molecule has 0 amide bonds. The van der Waals surface area contributed by atoms with Crippen LogP contribution in [0.5, 0.6) is 0 Å². The monoisotopic (exact) mass is 272 g/mol. The van der Waals surface area contributed by atoms with E-state index in [0.29, 0.717) is 11.5 Å². The van der Waals surface area contributed by atoms with Gasteiger partial charge in [-0.15, -0.1) is 0 Å². The van der Waals surface area contributed by atoms with Gasteiger partial charge in [0, 0.05) is 5.57 Å². The minimum atomic E-state index is -1.08. The molecule has 0 aliphatic rings. The summed E-state index contributed by atoms with van der Waals surface area (Å²) < 4.78 is 10.1. The minimum absolute atomic E-state index is 0.134. The van der Waals surface area contributed by atoms with Gasteiger partial charge in [-0.1, -0.05) is 0 Å². The Morgan fingerprint density at radius 3 is 2.30 bits per heavy atom. The highest BCUT2D eigenvalue weighted by Gasteiger charge is 2.12. The molecule has 2 aromatic rings. The summed E-state index contributed by atoms with van der Waals surface area (Å²) in [6.45, 7) is 0. The van der Waals surface area contributed by atoms with Gasteiger partial charge in [-0.05, 0) is 42.5 Å². The number of hydrogen-bond acceptors (Lipinski definition) is 4. The first-order chi connectivity index (χ1) is 9.65. The van der Waals surface area contributed by atoms with Crippen molar-refractivity contribution in [3.63, 3.8) is 0 Å². The Morgan fingerprint density at radius 1 is 1.10 bits per heavy atom. The SMILES string of the molecule is O=C(O)C/C(=C/c1ccco1)C(=O)/C=C/c1ccco1. The smallest absolute Gasteiger partial charge is 0.307 e. The van der Waals surface area contributed by atoms with Crippen LogP contribution in [0.4, 0.5) is 0 Å². The van der Waals surface area contributed by atoms with Gasteiger partial charge in [0.25, 0.3) is 0 Å². The molecular formula is C15H12O5. The first kappa shape index (κ1) is 13.6. The van der Waals surface area contributed by atoms with E-state index in [2.05, 4.69) is 0 Å². The summed E-state index contributed by atoms with van der Waals surface area (Å²) in [5.41, 5.74) is 0.134. The molecule has 5 heteroatoms. The third-order valence-corrected chi connectivity index (χ3v) is 2.46. The lowest BCUT2D eigenvalue weighted by Gasteiger charge is -1.99. The Kier molecular flexibility index (Phi) is 4.34. The summed E-state index contributed by atoms with van der Waals surface area (Å²) in [6, 6.07) is 6.69. The van der Waals surface area contributed by atoms with E-state index in [-0.39, 0.29) is 12.0 Å². The van der Waals surface area contributed by atoms with E-state index in [9.17, 15) is 9.59 Å². The second-order valence-corrected chi connectivity index (χ2v) is 3.97. The highest BCUT2D eigenvalue weighted by Crippen LogP contribution is 2.13. The molecule has 20 heavy (non-hydrogen) atoms. The van der Waals surface area contributed by atoms with Crippen LogP contribution in [-0.4, -0.2) is 16.9 Å². The Hall–Kier alpha value is -2.82. The third kappa shape index (κ3) is 3.84. The number of rotatable bonds is 6. The van der Waals surface area contributed by atoms with E-state index < -0.39 is 11.8 Å². The molecule has 0 unspecified atom stereocenters. The molecule has 2 heterocycles. The summed E-state index contributed by atoms with van der Waals surface area (Å²) in [5, 5.41) is 8.85. The van der Waals surface area contributed by atoms with E-state index >= 15 is 0 Å². The Balaban J connectivity index is 2.18. The molecule has 0 saturated heterocycles. The number of aliphatic carboxylic acids is 1. The number of carbonyl (C=O) groups is 2. The van der Waals surface area contributed by atoms with E-state index in [1.807, 2.05) is 0 Å². The van der Waals surface area contributed by atoms with Crippen molar-refractivity contribution in [1.82, 2.24) is 0 Å². The number of carboxylic acids is 1. The van der Waals surface area contributed by atoms with E-state index in [0.717, 1.165) is 0 Å². The molecule has 1 N–H and O–H groups in total. The molecule has 0 spiro atoms. The zero-order valence-electron chi connectivity index (χ0n) is 10.5. The molecule has 0 saturated carbocycles. The molecular weight excluding hydrogens is 260 g/mol. The number of ketones is 1. The van der Waals surface area contributed by atoms with Gasteiger partial charge in [0.05, 0.1) is 18.9 Å². The van der Waals surface area contributed by atoms with Gasteiger partial charge in [-0.3, -0.25) is 9.59 Å². The van der Waals surface area contributed by atoms with E-state index in [1.54, 1.807) is 24.3 Å². The van der Waals surface area contributed by atoms with Crippen LogP contribution in [0.25, 0.3) is 12.2 Å². The van der Waals surface area contributed by atoms with Crippen LogP contribution in [-0.2, 0) is 9.59 Å². The largest absolute Gasteiger partial charge is 0.481 e. The normalized spacial score (nSPS) is 11.9. The molecule has 0 aliphatic carbocycles. The summed E-state index contributed by atoms with van der Waals surface area (Å²) in [5.74, 6) is -0.533. The van der Waals surface area contributed by atoms with Crippen molar-refractivity contribution >= 4 is 23.9 Å². The van der Waals surface area contributed by atoms with Crippen LogP contribution < -0.4 is 0 Å². The van der Waals surface area contributed by atoms with Crippen molar-refractivity contribution in [3.8, 4) is 0 Å². The van der Waals surface area contributed by atoms with Crippen molar-refractivity contribution in [3.05, 3.63) is 60.0 Å². The number of carbonyl (C=O) groups excluding carboxylic acids is 1. The Morgan fingerprint density at radius 2 is 1.75 bits per heavy atom. The van der Waals surface area contributed by atoms with Crippen LogP contribution in [0.1, 0.15) is 17.9 Å². The van der Waals surface area contributed by atoms with Crippen molar-refractivity contribution in [1.29, 1.82) is 0 Å². The van der Waals surface area contributed by atoms with Crippen molar-refractivity contribution < 1.29 is 23.5 Å². The fourth-order valence-corrected chi connectivity index (χ4v) is 1.57. The number of furan rings is 2. The van der Waals surface area contributed by atoms with Gasteiger partial charge in [0.15, 0.2) is 5.78 Å². The fraction of sp³-hybridized carbons (Fsp3) is 0.0667. The van der Waals surface area contributed by atoms with Crippen LogP contribution in [0.2, 0.25) is 0 Å². The second kappa shape index (κ2) is 6.38. The van der Waals surface area contributed by atoms with Gasteiger partial charge in [0.2, 0.25) is 0 Å². The van der Waals surface area contributed by atoms with Gasteiger partial charge >= 0.3 is 5.97 Å². The lowest BCUT2D eigenvalue weighted by Crippen LogP contribution is -2.05. The maximum atomic E-state index is 12.0. The van der Waals surface area contributed by atoms with Crippen LogP contribution in [0.3, 0.4) is 0 Å². The molecule has 2 rings (SSSR count). The average molecular weight is 272 g/mol. The first-order valence-corrected chi connectivity index (χ1v) is 5.87.